The lowest BCUT2D eigenvalue weighted by Gasteiger charge is -2.32. The highest BCUT2D eigenvalue weighted by Crippen LogP contribution is 2.30. The Bertz CT molecular complexity index is 847. The Morgan fingerprint density at radius 1 is 1.37 bits per heavy atom. The third kappa shape index (κ3) is 4.10. The van der Waals surface area contributed by atoms with Crippen LogP contribution in [0.2, 0.25) is 0 Å². The number of allylic oxidation sites excluding steroid dienone is 2. The van der Waals surface area contributed by atoms with Crippen molar-refractivity contribution in [1.82, 2.24) is 4.90 Å². The number of anilines is 2. The van der Waals surface area contributed by atoms with Gasteiger partial charge in [0.15, 0.2) is 6.21 Å². The van der Waals surface area contributed by atoms with Gasteiger partial charge in [0, 0.05) is 12.7 Å². The molecule has 1 aromatic carbocycles. The van der Waals surface area contributed by atoms with Crippen LogP contribution in [0.3, 0.4) is 0 Å². The maximum Gasteiger partial charge on any atom is 0.412 e. The topological polar surface area (TPSA) is 110 Å². The fourth-order valence-corrected chi connectivity index (χ4v) is 2.56. The van der Waals surface area contributed by atoms with E-state index in [9.17, 15) is 22.8 Å². The number of rotatable bonds is 4. The lowest BCUT2D eigenvalue weighted by atomic mass is 10.1. The second-order valence-corrected chi connectivity index (χ2v) is 5.67. The molecular formula is C17H18F3N4O3+. The van der Waals surface area contributed by atoms with E-state index >= 15 is 0 Å². The first-order valence-electron chi connectivity index (χ1n) is 7.66. The maximum atomic E-state index is 13.1. The van der Waals surface area contributed by atoms with Crippen molar-refractivity contribution in [1.29, 1.82) is 0 Å². The van der Waals surface area contributed by atoms with Crippen molar-refractivity contribution in [3.8, 4) is 0 Å². The molecular weight excluding hydrogens is 365 g/mol. The van der Waals surface area contributed by atoms with Gasteiger partial charge in [0.25, 0.3) is 5.91 Å². The fraction of sp³-hybridized carbons (Fsp3) is 0.235. The van der Waals surface area contributed by atoms with Crippen LogP contribution in [-0.4, -0.2) is 49.4 Å². The number of nitrogens with zero attached hydrogens (tertiary/aromatic N) is 1. The molecule has 0 radical (unpaired) electrons. The lowest BCUT2D eigenvalue weighted by molar-refractivity contribution is -0.163. The maximum absolute atomic E-state index is 13.1. The number of ether oxygens (including phenoxy) is 1. The molecule has 1 amide bonds. The van der Waals surface area contributed by atoms with Gasteiger partial charge in [0.1, 0.15) is 11.7 Å². The van der Waals surface area contributed by atoms with E-state index in [0.717, 1.165) is 31.2 Å². The third-order valence-corrected chi connectivity index (χ3v) is 3.97. The first-order chi connectivity index (χ1) is 12.6. The largest absolute Gasteiger partial charge is 0.465 e. The molecule has 0 spiro atoms. The lowest BCUT2D eigenvalue weighted by Crippen LogP contribution is -2.45. The van der Waals surface area contributed by atoms with Gasteiger partial charge in [-0.1, -0.05) is 12.2 Å². The highest BCUT2D eigenvalue weighted by molar-refractivity contribution is 6.09. The number of carbonyl (C=O) groups excluding carboxylic acids is 2. The van der Waals surface area contributed by atoms with Crippen molar-refractivity contribution in [2.45, 2.75) is 12.2 Å². The Balaban J connectivity index is 2.38. The highest BCUT2D eigenvalue weighted by atomic mass is 19.4. The molecule has 2 rings (SSSR count). The summed E-state index contributed by atoms with van der Waals surface area (Å²) >= 11 is 0. The minimum Gasteiger partial charge on any atom is -0.465 e. The Morgan fingerprint density at radius 3 is 2.59 bits per heavy atom. The van der Waals surface area contributed by atoms with E-state index in [4.69, 9.17) is 11.1 Å². The molecule has 1 atom stereocenters. The summed E-state index contributed by atoms with van der Waals surface area (Å²) in [5.74, 6) is -1.62. The standard InChI is InChI=1S/C17H17F3N4O3/c1-24-13(4-3-5-14(24)17(18,19)20)15(25)23-12-6-9(8-21)11(22)7-10(12)16(26)27-2/h3-8,14,21H,22H2,1-2H3,(H,23,25)/p+1. The molecule has 0 aliphatic carbocycles. The molecule has 10 heteroatoms. The van der Waals surface area contributed by atoms with Crippen LogP contribution in [0.5, 0.6) is 0 Å². The van der Waals surface area contributed by atoms with Crippen LogP contribution in [0.1, 0.15) is 15.9 Å². The molecule has 0 saturated carbocycles. The number of nitrogens with two attached hydrogens (primary N) is 2. The van der Waals surface area contributed by atoms with Gasteiger partial charge in [0.2, 0.25) is 0 Å². The highest BCUT2D eigenvalue weighted by Gasteiger charge is 2.43. The van der Waals surface area contributed by atoms with Crippen molar-refractivity contribution in [2.75, 3.05) is 25.2 Å². The number of likely N-dealkylation sites (N-methyl/N-ethyl adjacent to an activating group) is 1. The van der Waals surface area contributed by atoms with Crippen molar-refractivity contribution < 1.29 is 32.9 Å². The average molecular weight is 383 g/mol. The molecule has 1 unspecified atom stereocenters. The zero-order chi connectivity index (χ0) is 20.4. The zero-order valence-electron chi connectivity index (χ0n) is 14.5. The number of alkyl halides is 3. The minimum absolute atomic E-state index is 0.00478. The predicted octanol–water partition coefficient (Wildman–Crippen LogP) is 0.488. The van der Waals surface area contributed by atoms with Crippen molar-refractivity contribution in [3.63, 3.8) is 0 Å². The summed E-state index contributed by atoms with van der Waals surface area (Å²) in [6.07, 6.45) is -0.0635. The van der Waals surface area contributed by atoms with Crippen LogP contribution in [0, 0.1) is 0 Å². The Labute approximate surface area is 152 Å². The predicted molar refractivity (Wildman–Crippen MR) is 92.7 cm³/mol. The molecule has 5 N–H and O–H groups in total. The number of esters is 1. The Kier molecular flexibility index (Phi) is 5.58. The summed E-state index contributed by atoms with van der Waals surface area (Å²) in [6, 6.07) is 0.653. The SMILES string of the molecule is COC(=O)c1cc(N)c(C=[NH2+])cc1NC(=O)C1=CC=CC(C(F)(F)F)N1C. The molecule has 1 aromatic rings. The van der Waals surface area contributed by atoms with Gasteiger partial charge in [-0.2, -0.15) is 13.2 Å². The number of carbonyl (C=O) groups is 2. The van der Waals surface area contributed by atoms with Gasteiger partial charge in [0.05, 0.1) is 23.9 Å². The average Bonchev–Trinajstić information content (AvgIpc) is 2.61. The number of methoxy groups -OCH3 is 1. The summed E-state index contributed by atoms with van der Waals surface area (Å²) in [6.45, 7) is 0. The summed E-state index contributed by atoms with van der Waals surface area (Å²) in [5.41, 5.74) is 5.99. The molecule has 1 heterocycles. The normalized spacial score (nSPS) is 16.6. The Morgan fingerprint density at radius 2 is 2.04 bits per heavy atom. The minimum atomic E-state index is -4.55. The van der Waals surface area contributed by atoms with E-state index in [1.807, 2.05) is 0 Å². The van der Waals surface area contributed by atoms with Gasteiger partial charge >= 0.3 is 12.1 Å². The van der Waals surface area contributed by atoms with Gasteiger partial charge in [-0.05, 0) is 18.2 Å². The third-order valence-electron chi connectivity index (χ3n) is 3.97. The van der Waals surface area contributed by atoms with E-state index in [1.54, 1.807) is 0 Å². The first-order valence-corrected chi connectivity index (χ1v) is 7.66. The molecule has 0 saturated heterocycles. The number of benzene rings is 1. The zero-order valence-corrected chi connectivity index (χ0v) is 14.5. The number of nitrogen functional groups attached to an aromatic ring is 1. The second-order valence-electron chi connectivity index (χ2n) is 5.67. The van der Waals surface area contributed by atoms with E-state index in [0.29, 0.717) is 5.56 Å². The van der Waals surface area contributed by atoms with E-state index in [1.165, 1.54) is 24.4 Å². The number of hydrogen-bond donors (Lipinski definition) is 3. The summed E-state index contributed by atoms with van der Waals surface area (Å²) in [5, 5.41) is 7.87. The van der Waals surface area contributed by atoms with Crippen LogP contribution in [0.4, 0.5) is 24.5 Å². The van der Waals surface area contributed by atoms with Crippen LogP contribution in [0.25, 0.3) is 0 Å². The molecule has 0 bridgehead atoms. The van der Waals surface area contributed by atoms with Crippen molar-refractivity contribution in [3.05, 3.63) is 47.2 Å². The molecule has 0 fully saturated rings. The monoisotopic (exact) mass is 383 g/mol. The number of halogens is 3. The number of amides is 1. The second kappa shape index (κ2) is 7.52. The molecule has 7 nitrogen and oxygen atoms in total. The van der Waals surface area contributed by atoms with Gasteiger partial charge in [-0.15, -0.1) is 0 Å². The fourth-order valence-electron chi connectivity index (χ4n) is 2.56. The summed E-state index contributed by atoms with van der Waals surface area (Å²) in [4.78, 5) is 25.3. The smallest absolute Gasteiger partial charge is 0.412 e. The summed E-state index contributed by atoms with van der Waals surface area (Å²) in [7, 11) is 2.29. The van der Waals surface area contributed by atoms with E-state index in [2.05, 4.69) is 10.1 Å². The quantitative estimate of drug-likeness (QED) is 0.398. The molecule has 1 aliphatic rings. The van der Waals surface area contributed by atoms with Gasteiger partial charge in [-0.25, -0.2) is 4.79 Å². The van der Waals surface area contributed by atoms with Crippen LogP contribution in [-0.2, 0) is 9.53 Å². The van der Waals surface area contributed by atoms with Crippen LogP contribution >= 0.6 is 0 Å². The van der Waals surface area contributed by atoms with E-state index < -0.39 is 24.1 Å². The van der Waals surface area contributed by atoms with Crippen LogP contribution in [0.15, 0.2) is 36.1 Å². The summed E-state index contributed by atoms with van der Waals surface area (Å²) < 4.78 is 43.9. The van der Waals surface area contributed by atoms with Gasteiger partial charge in [-0.3, -0.25) is 10.2 Å². The molecule has 0 aromatic heterocycles. The first kappa shape index (κ1) is 20.0. The number of hydrogen-bond acceptors (Lipinski definition) is 5. The molecule has 144 valence electrons. The van der Waals surface area contributed by atoms with Crippen molar-refractivity contribution in [2.24, 2.45) is 0 Å². The molecule has 27 heavy (non-hydrogen) atoms. The van der Waals surface area contributed by atoms with Crippen molar-refractivity contribution >= 4 is 29.5 Å². The van der Waals surface area contributed by atoms with Crippen LogP contribution < -0.4 is 16.5 Å². The van der Waals surface area contributed by atoms with E-state index in [-0.39, 0.29) is 22.6 Å². The number of nitrogens with one attached hydrogen (secondary N) is 1. The van der Waals surface area contributed by atoms with Gasteiger partial charge < -0.3 is 20.7 Å². The Hall–Kier alpha value is -3.30. The molecule has 1 aliphatic heterocycles.